The van der Waals surface area contributed by atoms with Crippen molar-refractivity contribution < 1.29 is 5.11 Å². The van der Waals surface area contributed by atoms with Crippen molar-refractivity contribution >= 4 is 21.7 Å². The summed E-state index contributed by atoms with van der Waals surface area (Å²) in [7, 11) is 1.77. The van der Waals surface area contributed by atoms with Gasteiger partial charge in [-0.15, -0.1) is 0 Å². The predicted octanol–water partition coefficient (Wildman–Crippen LogP) is 2.75. The summed E-state index contributed by atoms with van der Waals surface area (Å²) >= 11 is 3.37. The number of hydrogen-bond donors (Lipinski definition) is 2. The lowest BCUT2D eigenvalue weighted by Gasteiger charge is -2.10. The van der Waals surface area contributed by atoms with E-state index in [9.17, 15) is 5.11 Å². The van der Waals surface area contributed by atoms with Gasteiger partial charge in [-0.25, -0.2) is 0 Å². The fourth-order valence-corrected chi connectivity index (χ4v) is 2.18. The minimum absolute atomic E-state index is 0.209. The van der Waals surface area contributed by atoms with Crippen molar-refractivity contribution in [2.45, 2.75) is 13.8 Å². The van der Waals surface area contributed by atoms with Crippen LogP contribution in [0.5, 0.6) is 5.75 Å². The summed E-state index contributed by atoms with van der Waals surface area (Å²) in [6, 6.07) is 3.76. The molecule has 5 heteroatoms. The number of phenols is 1. The number of phenolic OH excluding ortho intramolecular Hbond substituents is 1. The van der Waals surface area contributed by atoms with Crippen LogP contribution in [-0.4, -0.2) is 14.9 Å². The van der Waals surface area contributed by atoms with Crippen LogP contribution in [0.1, 0.15) is 11.1 Å². The molecular formula is C12H14BrN3O. The molecular weight excluding hydrogens is 282 g/mol. The summed E-state index contributed by atoms with van der Waals surface area (Å²) in [4.78, 5) is 0. The van der Waals surface area contributed by atoms with Gasteiger partial charge >= 0.3 is 0 Å². The Kier molecular flexibility index (Phi) is 2.87. The molecule has 0 atom stereocenters. The molecule has 1 heterocycles. The van der Waals surface area contributed by atoms with Crippen LogP contribution in [0.3, 0.4) is 0 Å². The first-order chi connectivity index (χ1) is 7.91. The van der Waals surface area contributed by atoms with Crippen LogP contribution in [0, 0.1) is 13.8 Å². The molecule has 0 aliphatic rings. The second kappa shape index (κ2) is 4.07. The van der Waals surface area contributed by atoms with Crippen LogP contribution in [0.15, 0.2) is 16.6 Å². The molecule has 1 aromatic carbocycles. The van der Waals surface area contributed by atoms with Gasteiger partial charge in [-0.05, 0) is 40.9 Å². The third-order valence-corrected chi connectivity index (χ3v) is 3.79. The Morgan fingerprint density at radius 3 is 2.47 bits per heavy atom. The maximum absolute atomic E-state index is 10.2. The lowest BCUT2D eigenvalue weighted by molar-refractivity contribution is 0.472. The quantitative estimate of drug-likeness (QED) is 0.850. The number of rotatable bonds is 1. The molecule has 0 bridgehead atoms. The fraction of sp³-hybridized carbons (Fsp3) is 0.250. The molecule has 3 N–H and O–H groups in total. The van der Waals surface area contributed by atoms with Crippen molar-refractivity contribution in [1.82, 2.24) is 9.78 Å². The Balaban J connectivity index is 2.71. The first-order valence-corrected chi connectivity index (χ1v) is 5.99. The highest BCUT2D eigenvalue weighted by molar-refractivity contribution is 9.10. The first kappa shape index (κ1) is 12.0. The van der Waals surface area contributed by atoms with E-state index in [1.807, 2.05) is 19.9 Å². The molecule has 4 nitrogen and oxygen atoms in total. The molecule has 0 aliphatic heterocycles. The minimum Gasteiger partial charge on any atom is -0.506 e. The monoisotopic (exact) mass is 295 g/mol. The lowest BCUT2D eigenvalue weighted by Crippen LogP contribution is -1.96. The molecule has 0 saturated heterocycles. The average Bonchev–Trinajstić information content (AvgIpc) is 2.56. The predicted molar refractivity (Wildman–Crippen MR) is 71.9 cm³/mol. The van der Waals surface area contributed by atoms with E-state index in [2.05, 4.69) is 21.0 Å². The second-order valence-corrected chi connectivity index (χ2v) is 4.92. The maximum atomic E-state index is 10.2. The first-order valence-electron chi connectivity index (χ1n) is 5.20. The summed E-state index contributed by atoms with van der Waals surface area (Å²) in [6.45, 7) is 3.88. The van der Waals surface area contributed by atoms with Crippen LogP contribution in [-0.2, 0) is 7.05 Å². The zero-order valence-electron chi connectivity index (χ0n) is 9.95. The van der Waals surface area contributed by atoms with Crippen molar-refractivity contribution in [1.29, 1.82) is 0 Å². The normalized spacial score (nSPS) is 10.8. The van der Waals surface area contributed by atoms with Gasteiger partial charge in [0.2, 0.25) is 0 Å². The molecule has 0 amide bonds. The van der Waals surface area contributed by atoms with E-state index >= 15 is 0 Å². The molecule has 0 unspecified atom stereocenters. The van der Waals surface area contributed by atoms with Crippen molar-refractivity contribution in [3.8, 4) is 17.0 Å². The van der Waals surface area contributed by atoms with Gasteiger partial charge in [0.1, 0.15) is 11.6 Å². The van der Waals surface area contributed by atoms with E-state index in [4.69, 9.17) is 5.73 Å². The standard InChI is InChI=1S/C12H14BrN3O/c1-6-4-7(2)11(13)12(17)10(6)8-5-9(14)16(3)15-8/h4-5,17H,14H2,1-3H3. The molecule has 2 rings (SSSR count). The Morgan fingerprint density at radius 2 is 1.94 bits per heavy atom. The number of halogens is 1. The van der Waals surface area contributed by atoms with E-state index < -0.39 is 0 Å². The highest BCUT2D eigenvalue weighted by Crippen LogP contribution is 2.39. The van der Waals surface area contributed by atoms with E-state index in [1.54, 1.807) is 17.8 Å². The van der Waals surface area contributed by atoms with Crippen molar-refractivity contribution in [2.24, 2.45) is 7.05 Å². The van der Waals surface area contributed by atoms with Crippen LogP contribution in [0.25, 0.3) is 11.3 Å². The number of benzene rings is 1. The SMILES string of the molecule is Cc1cc(C)c(-c2cc(N)n(C)n2)c(O)c1Br. The molecule has 17 heavy (non-hydrogen) atoms. The van der Waals surface area contributed by atoms with Gasteiger partial charge in [-0.3, -0.25) is 4.68 Å². The van der Waals surface area contributed by atoms with E-state index in [-0.39, 0.29) is 5.75 Å². The Labute approximate surface area is 108 Å². The molecule has 0 radical (unpaired) electrons. The number of nitrogen functional groups attached to an aromatic ring is 1. The molecule has 0 aliphatic carbocycles. The number of nitrogens with zero attached hydrogens (tertiary/aromatic N) is 2. The Morgan fingerprint density at radius 1 is 1.29 bits per heavy atom. The third-order valence-electron chi connectivity index (χ3n) is 2.79. The molecule has 0 saturated carbocycles. The zero-order valence-corrected chi connectivity index (χ0v) is 11.5. The summed E-state index contributed by atoms with van der Waals surface area (Å²) in [6.07, 6.45) is 0. The summed E-state index contributed by atoms with van der Waals surface area (Å²) in [5.41, 5.74) is 9.12. The van der Waals surface area contributed by atoms with Crippen molar-refractivity contribution in [3.63, 3.8) is 0 Å². The number of nitrogens with two attached hydrogens (primary N) is 1. The molecule has 0 spiro atoms. The van der Waals surface area contributed by atoms with Crippen LogP contribution in [0.4, 0.5) is 5.82 Å². The van der Waals surface area contributed by atoms with E-state index in [0.717, 1.165) is 16.7 Å². The highest BCUT2D eigenvalue weighted by Gasteiger charge is 2.16. The lowest BCUT2D eigenvalue weighted by atomic mass is 10.0. The summed E-state index contributed by atoms with van der Waals surface area (Å²) in [5, 5.41) is 14.5. The summed E-state index contributed by atoms with van der Waals surface area (Å²) in [5.74, 6) is 0.774. The van der Waals surface area contributed by atoms with Crippen LogP contribution in [0.2, 0.25) is 0 Å². The minimum atomic E-state index is 0.209. The van der Waals surface area contributed by atoms with Gasteiger partial charge in [0.05, 0.1) is 10.2 Å². The van der Waals surface area contributed by atoms with Crippen LogP contribution >= 0.6 is 15.9 Å². The molecule has 0 fully saturated rings. The number of aromatic nitrogens is 2. The highest BCUT2D eigenvalue weighted by atomic mass is 79.9. The Bertz CT molecular complexity index is 570. The largest absolute Gasteiger partial charge is 0.506 e. The molecule has 90 valence electrons. The summed E-state index contributed by atoms with van der Waals surface area (Å²) < 4.78 is 2.28. The number of anilines is 1. The van der Waals surface area contributed by atoms with Crippen molar-refractivity contribution in [3.05, 3.63) is 27.7 Å². The zero-order chi connectivity index (χ0) is 12.7. The van der Waals surface area contributed by atoms with E-state index in [0.29, 0.717) is 16.0 Å². The van der Waals surface area contributed by atoms with Crippen LogP contribution < -0.4 is 5.73 Å². The topological polar surface area (TPSA) is 64.1 Å². The molecule has 2 aromatic rings. The fourth-order valence-electron chi connectivity index (χ4n) is 1.87. The van der Waals surface area contributed by atoms with Gasteiger partial charge in [0.25, 0.3) is 0 Å². The average molecular weight is 296 g/mol. The maximum Gasteiger partial charge on any atom is 0.139 e. The number of hydrogen-bond acceptors (Lipinski definition) is 3. The van der Waals surface area contributed by atoms with Gasteiger partial charge in [0.15, 0.2) is 0 Å². The molecule has 1 aromatic heterocycles. The Hall–Kier alpha value is -1.49. The smallest absolute Gasteiger partial charge is 0.139 e. The van der Waals surface area contributed by atoms with Gasteiger partial charge < -0.3 is 10.8 Å². The number of aromatic hydroxyl groups is 1. The van der Waals surface area contributed by atoms with E-state index in [1.165, 1.54) is 0 Å². The van der Waals surface area contributed by atoms with Gasteiger partial charge in [0, 0.05) is 18.7 Å². The number of aryl methyl sites for hydroxylation is 3. The van der Waals surface area contributed by atoms with Gasteiger partial charge in [-0.2, -0.15) is 5.10 Å². The third kappa shape index (κ3) is 1.91. The van der Waals surface area contributed by atoms with Gasteiger partial charge in [-0.1, -0.05) is 6.07 Å². The van der Waals surface area contributed by atoms with Crippen molar-refractivity contribution in [2.75, 3.05) is 5.73 Å². The second-order valence-electron chi connectivity index (χ2n) is 4.13.